The summed E-state index contributed by atoms with van der Waals surface area (Å²) in [6.45, 7) is 4.14. The van der Waals surface area contributed by atoms with Gasteiger partial charge in [-0.1, -0.05) is 6.92 Å². The minimum absolute atomic E-state index is 0.209. The summed E-state index contributed by atoms with van der Waals surface area (Å²) in [6, 6.07) is 8.35. The van der Waals surface area contributed by atoms with E-state index in [1.54, 1.807) is 30.5 Å². The van der Waals surface area contributed by atoms with Crippen LogP contribution in [-0.2, 0) is 0 Å². The molecule has 0 bridgehead atoms. The molecule has 0 atom stereocenters. The average Bonchev–Trinajstić information content (AvgIpc) is 3.07. The number of nitrogens with one attached hydrogen (secondary N) is 2. The second kappa shape index (κ2) is 6.62. The summed E-state index contributed by atoms with van der Waals surface area (Å²) in [5.74, 6) is 2.43. The largest absolute Gasteiger partial charge is 0.494 e. The molecular formula is C18H19FN6O. The van der Waals surface area contributed by atoms with Gasteiger partial charge in [0.1, 0.15) is 5.82 Å². The molecule has 3 aromatic rings. The normalized spacial score (nSPS) is 14.2. The number of anilines is 3. The standard InChI is InChI=1S/C18H19FN6O/c1-11-9-25(10-11)18-20-6-5-16(22-18)21-17-8-14(23-24-17)12-3-4-15(26-2)13(19)7-12/h3-8,11H,9-10H2,1-2H3,(H2,20,21,22,23,24). The highest BCUT2D eigenvalue weighted by Gasteiger charge is 2.24. The van der Waals surface area contributed by atoms with E-state index in [9.17, 15) is 4.39 Å². The lowest BCUT2D eigenvalue weighted by molar-refractivity contribution is 0.386. The predicted molar refractivity (Wildman–Crippen MR) is 97.2 cm³/mol. The summed E-state index contributed by atoms with van der Waals surface area (Å²) in [6.07, 6.45) is 1.72. The molecule has 1 aromatic carbocycles. The van der Waals surface area contributed by atoms with Crippen LogP contribution in [0.4, 0.5) is 22.0 Å². The Balaban J connectivity index is 1.50. The summed E-state index contributed by atoms with van der Waals surface area (Å²) in [7, 11) is 1.44. The molecule has 0 amide bonds. The Morgan fingerprint density at radius 3 is 2.81 bits per heavy atom. The van der Waals surface area contributed by atoms with Crippen molar-refractivity contribution in [1.29, 1.82) is 0 Å². The van der Waals surface area contributed by atoms with E-state index in [-0.39, 0.29) is 5.75 Å². The molecule has 0 unspecified atom stereocenters. The van der Waals surface area contributed by atoms with Gasteiger partial charge in [0.25, 0.3) is 0 Å². The molecule has 1 fully saturated rings. The zero-order chi connectivity index (χ0) is 18.1. The number of rotatable bonds is 5. The van der Waals surface area contributed by atoms with E-state index in [0.717, 1.165) is 13.1 Å². The fraction of sp³-hybridized carbons (Fsp3) is 0.278. The van der Waals surface area contributed by atoms with Gasteiger partial charge in [-0.25, -0.2) is 9.37 Å². The molecule has 134 valence electrons. The molecule has 0 radical (unpaired) electrons. The van der Waals surface area contributed by atoms with Crippen molar-refractivity contribution >= 4 is 17.6 Å². The average molecular weight is 354 g/mol. The summed E-state index contributed by atoms with van der Waals surface area (Å²) < 4.78 is 18.8. The molecule has 1 aliphatic rings. The highest BCUT2D eigenvalue weighted by atomic mass is 19.1. The quantitative estimate of drug-likeness (QED) is 0.732. The number of H-pyrrole nitrogens is 1. The Kier molecular flexibility index (Phi) is 4.16. The lowest BCUT2D eigenvalue weighted by Crippen LogP contribution is -2.46. The van der Waals surface area contributed by atoms with Crippen LogP contribution in [0.15, 0.2) is 36.5 Å². The van der Waals surface area contributed by atoms with E-state index in [4.69, 9.17) is 4.74 Å². The van der Waals surface area contributed by atoms with Gasteiger partial charge in [0.2, 0.25) is 5.95 Å². The van der Waals surface area contributed by atoms with E-state index >= 15 is 0 Å². The molecule has 1 saturated heterocycles. The maximum Gasteiger partial charge on any atom is 0.227 e. The van der Waals surface area contributed by atoms with Gasteiger partial charge in [-0.15, -0.1) is 0 Å². The van der Waals surface area contributed by atoms with Crippen molar-refractivity contribution in [3.05, 3.63) is 42.3 Å². The fourth-order valence-electron chi connectivity index (χ4n) is 2.93. The number of nitrogens with zero attached hydrogens (tertiary/aromatic N) is 4. The smallest absolute Gasteiger partial charge is 0.227 e. The van der Waals surface area contributed by atoms with Crippen LogP contribution in [0.1, 0.15) is 6.92 Å². The van der Waals surface area contributed by atoms with Gasteiger partial charge in [0, 0.05) is 30.9 Å². The maximum absolute atomic E-state index is 13.9. The Bertz CT molecular complexity index is 922. The first kappa shape index (κ1) is 16.3. The van der Waals surface area contributed by atoms with Crippen molar-refractivity contribution in [3.8, 4) is 17.0 Å². The second-order valence-electron chi connectivity index (χ2n) is 6.39. The summed E-state index contributed by atoms with van der Waals surface area (Å²) >= 11 is 0. The molecule has 0 saturated carbocycles. The summed E-state index contributed by atoms with van der Waals surface area (Å²) in [4.78, 5) is 11.0. The number of hydrogen-bond acceptors (Lipinski definition) is 6. The third kappa shape index (κ3) is 3.17. The van der Waals surface area contributed by atoms with Crippen LogP contribution in [0.25, 0.3) is 11.3 Å². The molecule has 3 heterocycles. The molecule has 26 heavy (non-hydrogen) atoms. The number of aromatic amines is 1. The van der Waals surface area contributed by atoms with E-state index < -0.39 is 5.82 Å². The van der Waals surface area contributed by atoms with Gasteiger partial charge in [-0.3, -0.25) is 5.10 Å². The SMILES string of the molecule is COc1ccc(-c2cc(Nc3ccnc(N4CC(C)C4)n3)n[nH]2)cc1F. The molecule has 4 rings (SSSR count). The van der Waals surface area contributed by atoms with Crippen molar-refractivity contribution in [2.75, 3.05) is 30.4 Å². The van der Waals surface area contributed by atoms with Crippen molar-refractivity contribution in [2.45, 2.75) is 6.92 Å². The highest BCUT2D eigenvalue weighted by Crippen LogP contribution is 2.27. The zero-order valence-corrected chi connectivity index (χ0v) is 14.5. The monoisotopic (exact) mass is 354 g/mol. The van der Waals surface area contributed by atoms with Gasteiger partial charge in [0.15, 0.2) is 17.4 Å². The number of aromatic nitrogens is 4. The van der Waals surface area contributed by atoms with Gasteiger partial charge in [0.05, 0.1) is 12.8 Å². The third-order valence-electron chi connectivity index (χ3n) is 4.29. The predicted octanol–water partition coefficient (Wildman–Crippen LogP) is 3.21. The molecule has 2 aromatic heterocycles. The first-order valence-corrected chi connectivity index (χ1v) is 8.36. The van der Waals surface area contributed by atoms with Crippen molar-refractivity contribution in [1.82, 2.24) is 20.2 Å². The van der Waals surface area contributed by atoms with Gasteiger partial charge in [-0.05, 0) is 30.2 Å². The highest BCUT2D eigenvalue weighted by molar-refractivity contribution is 5.66. The molecule has 0 aliphatic carbocycles. The molecule has 7 nitrogen and oxygen atoms in total. The zero-order valence-electron chi connectivity index (χ0n) is 14.5. The van der Waals surface area contributed by atoms with Gasteiger partial charge >= 0.3 is 0 Å². The molecule has 2 N–H and O–H groups in total. The molecular weight excluding hydrogens is 335 g/mol. The van der Waals surface area contributed by atoms with Gasteiger partial charge < -0.3 is 15.0 Å². The van der Waals surface area contributed by atoms with Crippen LogP contribution < -0.4 is 15.0 Å². The fourth-order valence-corrected chi connectivity index (χ4v) is 2.93. The van der Waals surface area contributed by atoms with E-state index in [2.05, 4.69) is 37.3 Å². The van der Waals surface area contributed by atoms with Crippen LogP contribution in [0.2, 0.25) is 0 Å². The van der Waals surface area contributed by atoms with Crippen molar-refractivity contribution in [3.63, 3.8) is 0 Å². The van der Waals surface area contributed by atoms with E-state index in [1.165, 1.54) is 13.2 Å². The van der Waals surface area contributed by atoms with Crippen LogP contribution in [0.5, 0.6) is 5.75 Å². The molecule has 1 aliphatic heterocycles. The Labute approximate surface area is 150 Å². The lowest BCUT2D eigenvalue weighted by Gasteiger charge is -2.37. The van der Waals surface area contributed by atoms with Crippen molar-refractivity contribution in [2.24, 2.45) is 5.92 Å². The van der Waals surface area contributed by atoms with Crippen LogP contribution in [-0.4, -0.2) is 40.4 Å². The first-order chi connectivity index (χ1) is 12.6. The number of ether oxygens (including phenoxy) is 1. The second-order valence-corrected chi connectivity index (χ2v) is 6.39. The van der Waals surface area contributed by atoms with Crippen LogP contribution >= 0.6 is 0 Å². The molecule has 8 heteroatoms. The minimum atomic E-state index is -0.418. The summed E-state index contributed by atoms with van der Waals surface area (Å²) in [5.41, 5.74) is 1.38. The van der Waals surface area contributed by atoms with E-state index in [1.807, 2.05) is 0 Å². The molecule has 0 spiro atoms. The minimum Gasteiger partial charge on any atom is -0.494 e. The third-order valence-corrected chi connectivity index (χ3v) is 4.29. The van der Waals surface area contributed by atoms with Crippen molar-refractivity contribution < 1.29 is 9.13 Å². The van der Waals surface area contributed by atoms with Crippen LogP contribution in [0, 0.1) is 11.7 Å². The summed E-state index contributed by atoms with van der Waals surface area (Å²) in [5, 5.41) is 10.3. The number of halogens is 1. The maximum atomic E-state index is 13.9. The number of benzene rings is 1. The van der Waals surface area contributed by atoms with Gasteiger partial charge in [-0.2, -0.15) is 10.1 Å². The van der Waals surface area contributed by atoms with E-state index in [0.29, 0.717) is 34.8 Å². The number of methoxy groups -OCH3 is 1. The Morgan fingerprint density at radius 1 is 1.23 bits per heavy atom. The Hall–Kier alpha value is -3.16. The first-order valence-electron chi connectivity index (χ1n) is 8.36. The topological polar surface area (TPSA) is 79.0 Å². The number of hydrogen-bond donors (Lipinski definition) is 2. The van der Waals surface area contributed by atoms with Crippen LogP contribution in [0.3, 0.4) is 0 Å². The lowest BCUT2D eigenvalue weighted by atomic mass is 10.0. The Morgan fingerprint density at radius 2 is 2.08 bits per heavy atom.